The molecule has 0 atom stereocenters. The average molecular weight is 459 g/mol. The number of hydrogen-bond donors (Lipinski definition) is 1. The Balaban J connectivity index is 0.00000312. The molecule has 1 heterocycles. The van der Waals surface area contributed by atoms with Crippen molar-refractivity contribution < 1.29 is 4.79 Å². The summed E-state index contributed by atoms with van der Waals surface area (Å²) in [5, 5.41) is 3.30. The summed E-state index contributed by atoms with van der Waals surface area (Å²) in [6.07, 6.45) is 0. The van der Waals surface area contributed by atoms with E-state index in [4.69, 9.17) is 0 Å². The van der Waals surface area contributed by atoms with Crippen molar-refractivity contribution in [2.24, 2.45) is 4.99 Å². The number of carbonyl (C=O) groups excluding carboxylic acids is 1. The van der Waals surface area contributed by atoms with E-state index in [0.29, 0.717) is 0 Å². The van der Waals surface area contributed by atoms with E-state index in [2.05, 4.69) is 51.3 Å². The van der Waals surface area contributed by atoms with Gasteiger partial charge in [0.2, 0.25) is 5.91 Å². The minimum atomic E-state index is 0. The summed E-state index contributed by atoms with van der Waals surface area (Å²) in [5.41, 5.74) is 2.56. The van der Waals surface area contributed by atoms with E-state index in [1.165, 1.54) is 11.3 Å². The van der Waals surface area contributed by atoms with Crippen LogP contribution in [-0.2, 0) is 4.79 Å². The molecule has 1 fully saturated rings. The lowest BCUT2D eigenvalue weighted by atomic mass is 10.2. The molecule has 0 aliphatic carbocycles. The number of rotatable bonds is 4. The summed E-state index contributed by atoms with van der Waals surface area (Å²) in [7, 11) is 3.51. The Labute approximate surface area is 168 Å². The Morgan fingerprint density at radius 3 is 2.48 bits per heavy atom. The maximum atomic E-state index is 11.8. The fraction of sp³-hybridized carbons (Fsp3) is 0.556. The first kappa shape index (κ1) is 21.5. The molecule has 25 heavy (non-hydrogen) atoms. The van der Waals surface area contributed by atoms with Crippen molar-refractivity contribution in [3.8, 4) is 0 Å². The molecule has 1 N–H and O–H groups in total. The van der Waals surface area contributed by atoms with Crippen molar-refractivity contribution in [1.29, 1.82) is 0 Å². The van der Waals surface area contributed by atoms with Gasteiger partial charge in [-0.05, 0) is 31.5 Å². The molecular formula is C18H30IN5O. The molecule has 1 saturated heterocycles. The Hall–Kier alpha value is -1.51. The lowest BCUT2D eigenvalue weighted by molar-refractivity contribution is -0.127. The first-order valence-corrected chi connectivity index (χ1v) is 8.56. The SMILES string of the molecule is CCNC(=NCC(=O)N(C)C)N1CCN(c2cccc(C)c2)CC1.I. The number of carbonyl (C=O) groups is 1. The van der Waals surface area contributed by atoms with Crippen LogP contribution in [0, 0.1) is 6.92 Å². The minimum Gasteiger partial charge on any atom is -0.368 e. The molecule has 1 aromatic rings. The second kappa shape index (κ2) is 10.5. The van der Waals surface area contributed by atoms with Gasteiger partial charge in [0.25, 0.3) is 0 Å². The van der Waals surface area contributed by atoms with Crippen LogP contribution in [0.25, 0.3) is 0 Å². The smallest absolute Gasteiger partial charge is 0.243 e. The molecule has 0 unspecified atom stereocenters. The highest BCUT2D eigenvalue weighted by Gasteiger charge is 2.20. The van der Waals surface area contributed by atoms with Crippen LogP contribution in [0.1, 0.15) is 12.5 Å². The van der Waals surface area contributed by atoms with Crippen molar-refractivity contribution in [3.05, 3.63) is 29.8 Å². The van der Waals surface area contributed by atoms with Gasteiger partial charge in [0.15, 0.2) is 5.96 Å². The summed E-state index contributed by atoms with van der Waals surface area (Å²) in [6.45, 7) is 8.86. The first-order chi connectivity index (χ1) is 11.5. The normalized spacial score (nSPS) is 14.8. The number of hydrogen-bond acceptors (Lipinski definition) is 3. The third-order valence-corrected chi connectivity index (χ3v) is 4.14. The fourth-order valence-corrected chi connectivity index (χ4v) is 2.71. The van der Waals surface area contributed by atoms with Crippen LogP contribution < -0.4 is 10.2 Å². The van der Waals surface area contributed by atoms with Gasteiger partial charge in [-0.2, -0.15) is 0 Å². The standard InChI is InChI=1S/C18H29N5O.HI/c1-5-19-18(20-14-17(24)21(3)4)23-11-9-22(10-12-23)16-8-6-7-15(2)13-16;/h6-8,13H,5,9-12,14H2,1-4H3,(H,19,20);1H. The van der Waals surface area contributed by atoms with E-state index < -0.39 is 0 Å². The van der Waals surface area contributed by atoms with Crippen LogP contribution in [0.4, 0.5) is 5.69 Å². The molecule has 6 nitrogen and oxygen atoms in total. The third kappa shape index (κ3) is 6.37. The minimum absolute atomic E-state index is 0. The van der Waals surface area contributed by atoms with Gasteiger partial charge in [-0.1, -0.05) is 12.1 Å². The molecule has 1 aromatic carbocycles. The lowest BCUT2D eigenvalue weighted by Gasteiger charge is -2.37. The number of halogens is 1. The van der Waals surface area contributed by atoms with Crippen molar-refractivity contribution in [3.63, 3.8) is 0 Å². The number of guanidine groups is 1. The second-order valence-corrected chi connectivity index (χ2v) is 6.27. The predicted octanol–water partition coefficient (Wildman–Crippen LogP) is 1.79. The van der Waals surface area contributed by atoms with E-state index >= 15 is 0 Å². The fourth-order valence-electron chi connectivity index (χ4n) is 2.71. The van der Waals surface area contributed by atoms with E-state index in [9.17, 15) is 4.79 Å². The summed E-state index contributed by atoms with van der Waals surface area (Å²) < 4.78 is 0. The molecule has 0 bridgehead atoms. The maximum absolute atomic E-state index is 11.8. The van der Waals surface area contributed by atoms with Crippen LogP contribution in [-0.4, -0.2) is 75.0 Å². The van der Waals surface area contributed by atoms with Gasteiger partial charge in [-0.25, -0.2) is 4.99 Å². The van der Waals surface area contributed by atoms with Gasteiger partial charge in [0, 0.05) is 52.5 Å². The number of aryl methyl sites for hydroxylation is 1. The molecule has 1 aliphatic heterocycles. The van der Waals surface area contributed by atoms with Crippen LogP contribution in [0.2, 0.25) is 0 Å². The quantitative estimate of drug-likeness (QED) is 0.424. The van der Waals surface area contributed by atoms with Crippen molar-refractivity contribution >= 4 is 41.5 Å². The average Bonchev–Trinajstić information content (AvgIpc) is 2.58. The monoisotopic (exact) mass is 459 g/mol. The molecule has 140 valence electrons. The summed E-state index contributed by atoms with van der Waals surface area (Å²) in [4.78, 5) is 22.5. The van der Waals surface area contributed by atoms with E-state index in [-0.39, 0.29) is 36.4 Å². The highest BCUT2D eigenvalue weighted by atomic mass is 127. The maximum Gasteiger partial charge on any atom is 0.243 e. The molecule has 0 aromatic heterocycles. The molecule has 0 radical (unpaired) electrons. The van der Waals surface area contributed by atoms with Gasteiger partial charge in [0.1, 0.15) is 6.54 Å². The molecule has 7 heteroatoms. The zero-order valence-electron chi connectivity index (χ0n) is 15.7. The van der Waals surface area contributed by atoms with Crippen LogP contribution in [0.3, 0.4) is 0 Å². The second-order valence-electron chi connectivity index (χ2n) is 6.27. The van der Waals surface area contributed by atoms with Crippen molar-refractivity contribution in [2.75, 3.05) is 58.3 Å². The van der Waals surface area contributed by atoms with Gasteiger partial charge in [-0.3, -0.25) is 4.79 Å². The van der Waals surface area contributed by atoms with E-state index in [1.807, 2.05) is 6.92 Å². The first-order valence-electron chi connectivity index (χ1n) is 8.56. The van der Waals surface area contributed by atoms with Crippen LogP contribution in [0.5, 0.6) is 0 Å². The number of likely N-dealkylation sites (N-methyl/N-ethyl adjacent to an activating group) is 1. The highest BCUT2D eigenvalue weighted by molar-refractivity contribution is 14.0. The number of aliphatic imine (C=N–C) groups is 1. The van der Waals surface area contributed by atoms with Crippen LogP contribution in [0.15, 0.2) is 29.3 Å². The molecule has 0 saturated carbocycles. The molecular weight excluding hydrogens is 429 g/mol. The number of nitrogens with one attached hydrogen (secondary N) is 1. The number of piperazine rings is 1. The number of benzene rings is 1. The Morgan fingerprint density at radius 2 is 1.92 bits per heavy atom. The molecule has 0 spiro atoms. The van der Waals surface area contributed by atoms with E-state index in [1.54, 1.807) is 19.0 Å². The topological polar surface area (TPSA) is 51.2 Å². The molecule has 2 rings (SSSR count). The van der Waals surface area contributed by atoms with Gasteiger partial charge >= 0.3 is 0 Å². The summed E-state index contributed by atoms with van der Waals surface area (Å²) in [6, 6.07) is 8.62. The Bertz CT molecular complexity index is 583. The lowest BCUT2D eigenvalue weighted by Crippen LogP contribution is -2.52. The highest BCUT2D eigenvalue weighted by Crippen LogP contribution is 2.17. The number of amides is 1. The zero-order chi connectivity index (χ0) is 17.5. The zero-order valence-corrected chi connectivity index (χ0v) is 18.0. The number of nitrogens with zero attached hydrogens (tertiary/aromatic N) is 4. The molecule has 1 aliphatic rings. The van der Waals surface area contributed by atoms with Crippen LogP contribution >= 0.6 is 24.0 Å². The van der Waals surface area contributed by atoms with Crippen molar-refractivity contribution in [1.82, 2.24) is 15.1 Å². The van der Waals surface area contributed by atoms with Crippen molar-refractivity contribution in [2.45, 2.75) is 13.8 Å². The van der Waals surface area contributed by atoms with E-state index in [0.717, 1.165) is 38.7 Å². The predicted molar refractivity (Wildman–Crippen MR) is 115 cm³/mol. The van der Waals surface area contributed by atoms with Gasteiger partial charge in [0.05, 0.1) is 0 Å². The van der Waals surface area contributed by atoms with Gasteiger partial charge in [-0.15, -0.1) is 24.0 Å². The summed E-state index contributed by atoms with van der Waals surface area (Å²) >= 11 is 0. The molecule has 1 amide bonds. The summed E-state index contributed by atoms with van der Waals surface area (Å²) in [5.74, 6) is 0.848. The Morgan fingerprint density at radius 1 is 1.24 bits per heavy atom. The Kier molecular flexibility index (Phi) is 9.02. The largest absolute Gasteiger partial charge is 0.368 e. The number of anilines is 1. The third-order valence-electron chi connectivity index (χ3n) is 4.14. The van der Waals surface area contributed by atoms with Gasteiger partial charge < -0.3 is 20.0 Å².